The van der Waals surface area contributed by atoms with E-state index in [4.69, 9.17) is 27.9 Å². The monoisotopic (exact) mass is 458 g/mol. The second-order valence-electron chi connectivity index (χ2n) is 7.21. The Kier molecular flexibility index (Phi) is 5.89. The van der Waals surface area contributed by atoms with Crippen LogP contribution in [0.5, 0.6) is 0 Å². The Balaban J connectivity index is 1.70. The third kappa shape index (κ3) is 3.98. The highest BCUT2D eigenvalue weighted by atomic mass is 35.5. The molecule has 9 heteroatoms. The number of aryl methyl sites for hydroxylation is 1. The van der Waals surface area contributed by atoms with Crippen molar-refractivity contribution in [2.24, 2.45) is 0 Å². The van der Waals surface area contributed by atoms with Crippen LogP contribution < -0.4 is 5.32 Å². The van der Waals surface area contributed by atoms with Crippen LogP contribution >= 0.6 is 23.2 Å². The first-order chi connectivity index (χ1) is 14.9. The van der Waals surface area contributed by atoms with Crippen molar-refractivity contribution < 1.29 is 14.3 Å². The van der Waals surface area contributed by atoms with Gasteiger partial charge in [-0.15, -0.1) is 0 Å². The van der Waals surface area contributed by atoms with Crippen molar-refractivity contribution >= 4 is 40.9 Å². The predicted molar refractivity (Wildman–Crippen MR) is 119 cm³/mol. The second-order valence-corrected chi connectivity index (χ2v) is 7.99. The lowest BCUT2D eigenvalue weighted by molar-refractivity contribution is 0.0600. The van der Waals surface area contributed by atoms with Gasteiger partial charge < -0.3 is 19.9 Å². The van der Waals surface area contributed by atoms with Gasteiger partial charge in [0.25, 0.3) is 0 Å². The molecule has 0 bridgehead atoms. The Labute approximate surface area is 189 Å². The first-order valence-corrected chi connectivity index (χ1v) is 10.4. The number of hydrogen-bond acceptors (Lipinski definition) is 4. The highest BCUT2D eigenvalue weighted by Gasteiger charge is 2.35. The van der Waals surface area contributed by atoms with Gasteiger partial charge >= 0.3 is 12.0 Å². The highest BCUT2D eigenvalue weighted by Crippen LogP contribution is 2.39. The molecule has 0 saturated carbocycles. The van der Waals surface area contributed by atoms with Gasteiger partial charge in [-0.3, -0.25) is 0 Å². The molecule has 0 radical (unpaired) electrons. The number of aromatic amines is 1. The number of fused-ring (bicyclic) bond motifs is 1. The summed E-state index contributed by atoms with van der Waals surface area (Å²) in [6.45, 7) is 2.30. The molecule has 1 unspecified atom stereocenters. The zero-order valence-electron chi connectivity index (χ0n) is 16.9. The van der Waals surface area contributed by atoms with Crippen LogP contribution in [-0.4, -0.2) is 40.5 Å². The fraction of sp³-hybridized carbons (Fsp3) is 0.227. The maximum absolute atomic E-state index is 13.4. The van der Waals surface area contributed by atoms with Crippen molar-refractivity contribution in [2.75, 3.05) is 19.0 Å². The fourth-order valence-electron chi connectivity index (χ4n) is 3.73. The molecule has 160 valence electrons. The van der Waals surface area contributed by atoms with Gasteiger partial charge in [0.15, 0.2) is 0 Å². The summed E-state index contributed by atoms with van der Waals surface area (Å²) >= 11 is 12.8. The van der Waals surface area contributed by atoms with E-state index in [1.165, 1.54) is 7.11 Å². The SMILES string of the molecule is COC(=O)c1ccc(C)c(NC(=O)N2CCc3[nH]cnc3C2c2cccc(Cl)c2Cl)c1. The van der Waals surface area contributed by atoms with E-state index in [1.807, 2.05) is 13.0 Å². The maximum atomic E-state index is 13.4. The number of ether oxygens (including phenoxy) is 1. The number of amides is 2. The van der Waals surface area contributed by atoms with E-state index in [-0.39, 0.29) is 6.03 Å². The number of esters is 1. The van der Waals surface area contributed by atoms with Gasteiger partial charge in [-0.05, 0) is 30.7 Å². The first-order valence-electron chi connectivity index (χ1n) is 9.63. The molecule has 1 aliphatic rings. The summed E-state index contributed by atoms with van der Waals surface area (Å²) in [6, 6.07) is 9.51. The van der Waals surface area contributed by atoms with Crippen LogP contribution in [0.3, 0.4) is 0 Å². The molecule has 1 aliphatic heterocycles. The Morgan fingerprint density at radius 2 is 2.06 bits per heavy atom. The topological polar surface area (TPSA) is 87.3 Å². The van der Waals surface area contributed by atoms with Crippen molar-refractivity contribution in [3.63, 3.8) is 0 Å². The maximum Gasteiger partial charge on any atom is 0.337 e. The molecule has 4 rings (SSSR count). The lowest BCUT2D eigenvalue weighted by Crippen LogP contribution is -2.43. The van der Waals surface area contributed by atoms with Gasteiger partial charge in [0, 0.05) is 29.9 Å². The standard InChI is InChI=1S/C22H20Cl2N4O3/c1-12-6-7-13(21(29)31-2)10-17(12)27-22(30)28-9-8-16-19(26-11-25-16)20(28)14-4-3-5-15(23)18(14)24/h3-7,10-11,20H,8-9H2,1-2H3,(H,25,26)(H,27,30). The molecular weight excluding hydrogens is 439 g/mol. The molecule has 0 spiro atoms. The zero-order chi connectivity index (χ0) is 22.1. The number of anilines is 1. The molecule has 2 N–H and O–H groups in total. The molecule has 0 aliphatic carbocycles. The largest absolute Gasteiger partial charge is 0.465 e. The minimum absolute atomic E-state index is 0.334. The van der Waals surface area contributed by atoms with Crippen molar-refractivity contribution in [3.05, 3.63) is 80.8 Å². The zero-order valence-corrected chi connectivity index (χ0v) is 18.4. The highest BCUT2D eigenvalue weighted by molar-refractivity contribution is 6.42. The fourth-order valence-corrected chi connectivity index (χ4v) is 4.14. The van der Waals surface area contributed by atoms with Gasteiger partial charge in [-0.25, -0.2) is 14.6 Å². The molecular formula is C22H20Cl2N4O3. The van der Waals surface area contributed by atoms with Crippen molar-refractivity contribution in [2.45, 2.75) is 19.4 Å². The molecule has 2 heterocycles. The van der Waals surface area contributed by atoms with E-state index in [9.17, 15) is 9.59 Å². The summed E-state index contributed by atoms with van der Waals surface area (Å²) in [5.41, 5.74) is 4.07. The summed E-state index contributed by atoms with van der Waals surface area (Å²) < 4.78 is 4.78. The molecule has 2 amide bonds. The van der Waals surface area contributed by atoms with Gasteiger partial charge in [-0.1, -0.05) is 41.4 Å². The number of nitrogens with one attached hydrogen (secondary N) is 2. The molecule has 0 saturated heterocycles. The lowest BCUT2D eigenvalue weighted by Gasteiger charge is -2.35. The number of nitrogens with zero attached hydrogens (tertiary/aromatic N) is 2. The van der Waals surface area contributed by atoms with E-state index < -0.39 is 12.0 Å². The Morgan fingerprint density at radius 3 is 2.84 bits per heavy atom. The van der Waals surface area contributed by atoms with E-state index in [0.29, 0.717) is 39.8 Å². The molecule has 31 heavy (non-hydrogen) atoms. The number of carbonyl (C=O) groups excluding carboxylic acids is 2. The quantitative estimate of drug-likeness (QED) is 0.541. The van der Waals surface area contributed by atoms with Gasteiger partial charge in [0.1, 0.15) is 6.04 Å². The Bertz CT molecular complexity index is 1160. The smallest absolute Gasteiger partial charge is 0.337 e. The van der Waals surface area contributed by atoms with Gasteiger partial charge in [0.05, 0.1) is 34.7 Å². The van der Waals surface area contributed by atoms with E-state index in [2.05, 4.69) is 15.3 Å². The van der Waals surface area contributed by atoms with Crippen molar-refractivity contribution in [3.8, 4) is 0 Å². The number of urea groups is 1. The third-order valence-electron chi connectivity index (χ3n) is 5.36. The number of H-pyrrole nitrogens is 1. The Morgan fingerprint density at radius 1 is 1.26 bits per heavy atom. The van der Waals surface area contributed by atoms with Crippen LogP contribution in [0, 0.1) is 6.92 Å². The summed E-state index contributed by atoms with van der Waals surface area (Å²) in [6.07, 6.45) is 2.24. The summed E-state index contributed by atoms with van der Waals surface area (Å²) in [5, 5.41) is 3.71. The number of aromatic nitrogens is 2. The Hall–Kier alpha value is -3.03. The van der Waals surface area contributed by atoms with Gasteiger partial charge in [-0.2, -0.15) is 0 Å². The van der Waals surface area contributed by atoms with Crippen LogP contribution in [0.2, 0.25) is 10.0 Å². The average molecular weight is 459 g/mol. The van der Waals surface area contributed by atoms with Crippen molar-refractivity contribution in [1.29, 1.82) is 0 Å². The number of imidazole rings is 1. The van der Waals surface area contributed by atoms with Crippen LogP contribution in [0.15, 0.2) is 42.7 Å². The normalized spacial score (nSPS) is 15.4. The summed E-state index contributed by atoms with van der Waals surface area (Å²) in [4.78, 5) is 34.5. The molecule has 3 aromatic rings. The van der Waals surface area contributed by atoms with Crippen LogP contribution in [0.25, 0.3) is 0 Å². The predicted octanol–water partition coefficient (Wildman–Crippen LogP) is 4.99. The van der Waals surface area contributed by atoms with Gasteiger partial charge in [0.2, 0.25) is 0 Å². The summed E-state index contributed by atoms with van der Waals surface area (Å²) in [7, 11) is 1.31. The van der Waals surface area contributed by atoms with Crippen molar-refractivity contribution in [1.82, 2.24) is 14.9 Å². The average Bonchev–Trinajstić information content (AvgIpc) is 3.25. The molecule has 7 nitrogen and oxygen atoms in total. The number of rotatable bonds is 3. The number of methoxy groups -OCH3 is 1. The van der Waals surface area contributed by atoms with E-state index in [1.54, 1.807) is 41.6 Å². The van der Waals surface area contributed by atoms with E-state index in [0.717, 1.165) is 17.0 Å². The third-order valence-corrected chi connectivity index (χ3v) is 6.20. The molecule has 1 aromatic heterocycles. The minimum atomic E-state index is -0.509. The molecule has 1 atom stereocenters. The first kappa shape index (κ1) is 21.2. The van der Waals surface area contributed by atoms with Crippen LogP contribution in [-0.2, 0) is 11.2 Å². The number of halogens is 2. The number of carbonyl (C=O) groups is 2. The lowest BCUT2D eigenvalue weighted by atomic mass is 9.96. The van der Waals surface area contributed by atoms with Crippen LogP contribution in [0.1, 0.15) is 38.9 Å². The number of benzene rings is 2. The van der Waals surface area contributed by atoms with E-state index >= 15 is 0 Å². The van der Waals surface area contributed by atoms with Crippen LogP contribution in [0.4, 0.5) is 10.5 Å². The second kappa shape index (κ2) is 8.61. The number of hydrogen-bond donors (Lipinski definition) is 2. The summed E-state index contributed by atoms with van der Waals surface area (Å²) in [5.74, 6) is -0.474. The minimum Gasteiger partial charge on any atom is -0.465 e. The molecule has 0 fully saturated rings. The molecule has 2 aromatic carbocycles.